The maximum absolute atomic E-state index is 12.7. The molecule has 0 aliphatic carbocycles. The molecule has 0 radical (unpaired) electrons. The molecule has 0 bridgehead atoms. The summed E-state index contributed by atoms with van der Waals surface area (Å²) in [4.78, 5) is 14.6. The molecule has 3 aromatic rings. The number of hydrogen-bond acceptors (Lipinski definition) is 4. The molecule has 1 saturated heterocycles. The fourth-order valence-corrected chi connectivity index (χ4v) is 3.83. The first-order valence-corrected chi connectivity index (χ1v) is 10.4. The van der Waals surface area contributed by atoms with Crippen molar-refractivity contribution in [2.24, 2.45) is 5.92 Å². The molecule has 1 N–H and O–H groups in total. The van der Waals surface area contributed by atoms with Crippen LogP contribution in [0.1, 0.15) is 36.1 Å². The number of carbonyl (C=O) groups excluding carboxylic acids is 1. The standard InChI is InChI=1S/C24H28N2O3/c1-2-25-16-18-11-13-26(14-12-18)24(27)23-10-9-22(29-23)17-28-21-8-7-19-5-3-4-6-20(19)15-21/h3-10,15,18,25H,2,11-14,16-17H2,1H3. The van der Waals surface area contributed by atoms with E-state index in [1.165, 1.54) is 5.39 Å². The van der Waals surface area contributed by atoms with Gasteiger partial charge in [0.15, 0.2) is 5.76 Å². The topological polar surface area (TPSA) is 54.7 Å². The molecule has 0 spiro atoms. The van der Waals surface area contributed by atoms with Gasteiger partial charge < -0.3 is 19.4 Å². The van der Waals surface area contributed by atoms with Crippen molar-refractivity contribution in [3.05, 3.63) is 66.1 Å². The Morgan fingerprint density at radius 2 is 1.90 bits per heavy atom. The van der Waals surface area contributed by atoms with Gasteiger partial charge in [-0.05, 0) is 66.9 Å². The molecule has 5 heteroatoms. The molecule has 1 aromatic heterocycles. The smallest absolute Gasteiger partial charge is 0.289 e. The van der Waals surface area contributed by atoms with Crippen molar-refractivity contribution in [3.8, 4) is 5.75 Å². The average Bonchev–Trinajstić information content (AvgIpc) is 3.25. The summed E-state index contributed by atoms with van der Waals surface area (Å²) in [6, 6.07) is 17.8. The van der Waals surface area contributed by atoms with Gasteiger partial charge in [0.1, 0.15) is 18.1 Å². The fourth-order valence-electron chi connectivity index (χ4n) is 3.83. The van der Waals surface area contributed by atoms with Crippen molar-refractivity contribution in [2.45, 2.75) is 26.4 Å². The van der Waals surface area contributed by atoms with Crippen molar-refractivity contribution in [1.29, 1.82) is 0 Å². The molecule has 1 aliphatic rings. The quantitative estimate of drug-likeness (QED) is 0.644. The molecule has 1 aliphatic heterocycles. The van der Waals surface area contributed by atoms with Crippen LogP contribution in [0.15, 0.2) is 59.0 Å². The lowest BCUT2D eigenvalue weighted by atomic mass is 9.96. The number of amides is 1. The van der Waals surface area contributed by atoms with E-state index in [4.69, 9.17) is 9.15 Å². The monoisotopic (exact) mass is 392 g/mol. The number of ether oxygens (including phenoxy) is 1. The summed E-state index contributed by atoms with van der Waals surface area (Å²) in [6.45, 7) is 6.04. The molecule has 2 aromatic carbocycles. The molecule has 152 valence electrons. The van der Waals surface area contributed by atoms with Gasteiger partial charge in [0, 0.05) is 13.1 Å². The normalized spacial score (nSPS) is 15.0. The third-order valence-electron chi connectivity index (χ3n) is 5.56. The molecular weight excluding hydrogens is 364 g/mol. The molecule has 0 saturated carbocycles. The minimum absolute atomic E-state index is 0.0242. The van der Waals surface area contributed by atoms with Gasteiger partial charge in [-0.25, -0.2) is 0 Å². The number of rotatable bonds is 7. The minimum Gasteiger partial charge on any atom is -0.486 e. The highest BCUT2D eigenvalue weighted by Crippen LogP contribution is 2.23. The molecule has 1 amide bonds. The second-order valence-corrected chi connectivity index (χ2v) is 7.61. The first-order valence-electron chi connectivity index (χ1n) is 10.4. The number of furan rings is 1. The van der Waals surface area contributed by atoms with Gasteiger partial charge in [-0.2, -0.15) is 0 Å². The largest absolute Gasteiger partial charge is 0.486 e. The lowest BCUT2D eigenvalue weighted by Crippen LogP contribution is -2.40. The Kier molecular flexibility index (Phi) is 6.15. The van der Waals surface area contributed by atoms with Crippen LogP contribution < -0.4 is 10.1 Å². The van der Waals surface area contributed by atoms with Crippen LogP contribution >= 0.6 is 0 Å². The molecule has 0 unspecified atom stereocenters. The molecule has 4 rings (SSSR count). The van der Waals surface area contributed by atoms with Crippen molar-refractivity contribution in [1.82, 2.24) is 10.2 Å². The number of carbonyl (C=O) groups is 1. The number of fused-ring (bicyclic) bond motifs is 1. The van der Waals surface area contributed by atoms with Gasteiger partial charge >= 0.3 is 0 Å². The van der Waals surface area contributed by atoms with Crippen LogP contribution in [0, 0.1) is 5.92 Å². The van der Waals surface area contributed by atoms with Crippen LogP contribution in [0.4, 0.5) is 0 Å². The number of nitrogens with zero attached hydrogens (tertiary/aromatic N) is 1. The second kappa shape index (κ2) is 9.14. The summed E-state index contributed by atoms with van der Waals surface area (Å²) in [5.74, 6) is 2.47. The Hall–Kier alpha value is -2.79. The fraction of sp³-hybridized carbons (Fsp3) is 0.375. The number of likely N-dealkylation sites (tertiary alicyclic amines) is 1. The lowest BCUT2D eigenvalue weighted by Gasteiger charge is -2.31. The van der Waals surface area contributed by atoms with Crippen LogP contribution in [0.25, 0.3) is 10.8 Å². The van der Waals surface area contributed by atoms with Crippen LogP contribution in [-0.4, -0.2) is 37.0 Å². The van der Waals surface area contributed by atoms with Gasteiger partial charge in [-0.15, -0.1) is 0 Å². The van der Waals surface area contributed by atoms with E-state index < -0.39 is 0 Å². The molecule has 2 heterocycles. The van der Waals surface area contributed by atoms with E-state index in [2.05, 4.69) is 24.4 Å². The second-order valence-electron chi connectivity index (χ2n) is 7.61. The highest BCUT2D eigenvalue weighted by molar-refractivity contribution is 5.91. The summed E-state index contributed by atoms with van der Waals surface area (Å²) in [7, 11) is 0. The SMILES string of the molecule is CCNCC1CCN(C(=O)c2ccc(COc3ccc4ccccc4c3)o2)CC1. The van der Waals surface area contributed by atoms with E-state index in [0.29, 0.717) is 24.0 Å². The van der Waals surface area contributed by atoms with Crippen LogP contribution in [0.2, 0.25) is 0 Å². The van der Waals surface area contributed by atoms with E-state index >= 15 is 0 Å². The first-order chi connectivity index (χ1) is 14.2. The van der Waals surface area contributed by atoms with Crippen LogP contribution in [0.5, 0.6) is 5.75 Å². The predicted molar refractivity (Wildman–Crippen MR) is 114 cm³/mol. The van der Waals surface area contributed by atoms with E-state index in [1.807, 2.05) is 41.3 Å². The van der Waals surface area contributed by atoms with Gasteiger partial charge in [0.05, 0.1) is 0 Å². The van der Waals surface area contributed by atoms with E-state index in [9.17, 15) is 4.79 Å². The average molecular weight is 392 g/mol. The summed E-state index contributed by atoms with van der Waals surface area (Å²) < 4.78 is 11.6. The van der Waals surface area contributed by atoms with Crippen LogP contribution in [0.3, 0.4) is 0 Å². The zero-order valence-electron chi connectivity index (χ0n) is 16.9. The highest BCUT2D eigenvalue weighted by atomic mass is 16.5. The van der Waals surface area contributed by atoms with E-state index in [-0.39, 0.29) is 5.91 Å². The molecule has 1 fully saturated rings. The maximum atomic E-state index is 12.7. The third-order valence-corrected chi connectivity index (χ3v) is 5.56. The zero-order chi connectivity index (χ0) is 20.1. The maximum Gasteiger partial charge on any atom is 0.289 e. The van der Waals surface area contributed by atoms with E-state index in [0.717, 1.165) is 50.2 Å². The summed E-state index contributed by atoms with van der Waals surface area (Å²) in [6.07, 6.45) is 2.08. The molecular formula is C24H28N2O3. The zero-order valence-corrected chi connectivity index (χ0v) is 16.9. The minimum atomic E-state index is -0.0242. The predicted octanol–water partition coefficient (Wildman–Crippen LogP) is 4.47. The van der Waals surface area contributed by atoms with Crippen molar-refractivity contribution in [2.75, 3.05) is 26.2 Å². The van der Waals surface area contributed by atoms with Crippen molar-refractivity contribution >= 4 is 16.7 Å². The lowest BCUT2D eigenvalue weighted by molar-refractivity contribution is 0.0654. The summed E-state index contributed by atoms with van der Waals surface area (Å²) in [5.41, 5.74) is 0. The van der Waals surface area contributed by atoms with Crippen molar-refractivity contribution in [3.63, 3.8) is 0 Å². The summed E-state index contributed by atoms with van der Waals surface area (Å²) >= 11 is 0. The third kappa shape index (κ3) is 4.80. The molecule has 5 nitrogen and oxygen atoms in total. The van der Waals surface area contributed by atoms with Gasteiger partial charge in [-0.3, -0.25) is 4.79 Å². The Morgan fingerprint density at radius 1 is 1.10 bits per heavy atom. The first kappa shape index (κ1) is 19.5. The van der Waals surface area contributed by atoms with Gasteiger partial charge in [0.2, 0.25) is 0 Å². The Balaban J connectivity index is 1.31. The number of hydrogen-bond donors (Lipinski definition) is 1. The highest BCUT2D eigenvalue weighted by Gasteiger charge is 2.25. The molecule has 0 atom stereocenters. The Bertz CT molecular complexity index is 957. The number of piperidine rings is 1. The van der Waals surface area contributed by atoms with Gasteiger partial charge in [-0.1, -0.05) is 37.3 Å². The van der Waals surface area contributed by atoms with E-state index in [1.54, 1.807) is 6.07 Å². The van der Waals surface area contributed by atoms with Crippen LogP contribution in [-0.2, 0) is 6.61 Å². The Labute approximate surface area is 171 Å². The van der Waals surface area contributed by atoms with Crippen molar-refractivity contribution < 1.29 is 13.9 Å². The number of benzene rings is 2. The Morgan fingerprint density at radius 3 is 2.69 bits per heavy atom. The number of nitrogens with one attached hydrogen (secondary N) is 1. The van der Waals surface area contributed by atoms with Gasteiger partial charge in [0.25, 0.3) is 5.91 Å². The summed E-state index contributed by atoms with van der Waals surface area (Å²) in [5, 5.41) is 5.72. The molecule has 29 heavy (non-hydrogen) atoms.